The number of hydrogen-bond donors (Lipinski definition) is 1. The van der Waals surface area contributed by atoms with Crippen LogP contribution in [0.25, 0.3) is 0 Å². The van der Waals surface area contributed by atoms with Gasteiger partial charge < -0.3 is 10.2 Å². The Hall–Kier alpha value is -0.970. The van der Waals surface area contributed by atoms with Gasteiger partial charge in [-0.3, -0.25) is 14.5 Å². The minimum absolute atomic E-state index is 0. The van der Waals surface area contributed by atoms with E-state index in [1.807, 2.05) is 0 Å². The smallest absolute Gasteiger partial charge is 0.319 e. The van der Waals surface area contributed by atoms with Gasteiger partial charge in [-0.25, -0.2) is 4.98 Å². The van der Waals surface area contributed by atoms with Crippen LogP contribution in [0.15, 0.2) is 17.4 Å². The summed E-state index contributed by atoms with van der Waals surface area (Å²) in [5.74, 6) is 1.08. The van der Waals surface area contributed by atoms with Gasteiger partial charge in [-0.15, -0.1) is 24.0 Å². The van der Waals surface area contributed by atoms with Gasteiger partial charge in [0.15, 0.2) is 5.96 Å². The quantitative estimate of drug-likeness (QED) is 0.420. The van der Waals surface area contributed by atoms with Crippen molar-refractivity contribution in [2.45, 2.75) is 44.8 Å². The first kappa shape index (κ1) is 20.3. The van der Waals surface area contributed by atoms with E-state index in [1.165, 1.54) is 44.7 Å². The molecular formula is C16H27F2IN6. The van der Waals surface area contributed by atoms with Crippen molar-refractivity contribution in [1.29, 1.82) is 0 Å². The number of halogens is 3. The summed E-state index contributed by atoms with van der Waals surface area (Å²) < 4.78 is 26.6. The molecule has 6 nitrogen and oxygen atoms in total. The number of nitrogens with zero attached hydrogens (tertiary/aromatic N) is 5. The van der Waals surface area contributed by atoms with Crippen LogP contribution in [0.4, 0.5) is 8.78 Å². The van der Waals surface area contributed by atoms with Crippen LogP contribution in [0.3, 0.4) is 0 Å². The molecular weight excluding hydrogens is 441 g/mol. The molecule has 1 unspecified atom stereocenters. The predicted octanol–water partition coefficient (Wildman–Crippen LogP) is 2.53. The van der Waals surface area contributed by atoms with Crippen molar-refractivity contribution < 1.29 is 8.78 Å². The third-order valence-electron chi connectivity index (χ3n) is 4.95. The molecule has 3 rings (SSSR count). The first-order chi connectivity index (χ1) is 11.7. The molecule has 3 heterocycles. The average molecular weight is 468 g/mol. The summed E-state index contributed by atoms with van der Waals surface area (Å²) in [6, 6.07) is 0.576. The molecule has 2 saturated heterocycles. The molecule has 0 amide bonds. The van der Waals surface area contributed by atoms with Crippen molar-refractivity contribution in [3.63, 3.8) is 0 Å². The van der Waals surface area contributed by atoms with Gasteiger partial charge in [-0.2, -0.15) is 8.78 Å². The van der Waals surface area contributed by atoms with E-state index in [1.54, 1.807) is 7.05 Å². The number of aromatic nitrogens is 2. The van der Waals surface area contributed by atoms with Crippen LogP contribution in [0.2, 0.25) is 0 Å². The van der Waals surface area contributed by atoms with Gasteiger partial charge in [0.25, 0.3) is 0 Å². The molecule has 0 spiro atoms. The molecule has 0 radical (unpaired) electrons. The molecule has 0 aromatic carbocycles. The van der Waals surface area contributed by atoms with E-state index in [2.05, 4.69) is 25.1 Å². The Labute approximate surface area is 164 Å². The monoisotopic (exact) mass is 468 g/mol. The SMILES string of the molecule is CN=C(NCc1nccn1C(F)F)N1CCC(N2CCCCC2)C1.I. The molecule has 0 saturated carbocycles. The summed E-state index contributed by atoms with van der Waals surface area (Å²) in [5.41, 5.74) is 0. The lowest BCUT2D eigenvalue weighted by molar-refractivity contribution is 0.0668. The van der Waals surface area contributed by atoms with Gasteiger partial charge in [0.2, 0.25) is 0 Å². The maximum atomic E-state index is 12.9. The second-order valence-electron chi connectivity index (χ2n) is 6.41. The van der Waals surface area contributed by atoms with E-state index >= 15 is 0 Å². The average Bonchev–Trinajstić information content (AvgIpc) is 3.26. The lowest BCUT2D eigenvalue weighted by Crippen LogP contribution is -2.44. The maximum Gasteiger partial charge on any atom is 0.319 e. The van der Waals surface area contributed by atoms with Crippen LogP contribution >= 0.6 is 24.0 Å². The summed E-state index contributed by atoms with van der Waals surface area (Å²) in [6.07, 6.45) is 7.75. The van der Waals surface area contributed by atoms with E-state index in [4.69, 9.17) is 0 Å². The first-order valence-electron chi connectivity index (χ1n) is 8.68. The number of rotatable bonds is 4. The van der Waals surface area contributed by atoms with Gasteiger partial charge in [0.05, 0.1) is 6.54 Å². The molecule has 1 N–H and O–H groups in total. The number of piperidine rings is 1. The molecule has 2 aliphatic heterocycles. The number of imidazole rings is 1. The molecule has 1 aromatic rings. The van der Waals surface area contributed by atoms with E-state index in [0.717, 1.165) is 30.0 Å². The standard InChI is InChI=1S/C16H26F2N6.HI/c1-19-16(21-11-14-20-6-10-24(14)15(17)18)23-9-5-13(12-23)22-7-3-2-4-8-22;/h6,10,13,15H,2-5,7-9,11-12H2,1H3,(H,19,21);1H. The molecule has 0 aliphatic carbocycles. The predicted molar refractivity (Wildman–Crippen MR) is 104 cm³/mol. The van der Waals surface area contributed by atoms with Crippen LogP contribution in [0.5, 0.6) is 0 Å². The Morgan fingerprint density at radius 3 is 2.76 bits per heavy atom. The second-order valence-corrected chi connectivity index (χ2v) is 6.41. The van der Waals surface area contributed by atoms with Crippen molar-refractivity contribution in [2.75, 3.05) is 33.2 Å². The molecule has 25 heavy (non-hydrogen) atoms. The van der Waals surface area contributed by atoms with Crippen molar-refractivity contribution in [3.05, 3.63) is 18.2 Å². The highest BCUT2D eigenvalue weighted by Crippen LogP contribution is 2.20. The fraction of sp³-hybridized carbons (Fsp3) is 0.750. The molecule has 1 aromatic heterocycles. The van der Waals surface area contributed by atoms with Crippen molar-refractivity contribution in [2.24, 2.45) is 4.99 Å². The lowest BCUT2D eigenvalue weighted by Gasteiger charge is -2.32. The van der Waals surface area contributed by atoms with E-state index in [9.17, 15) is 8.78 Å². The number of guanidine groups is 1. The zero-order valence-electron chi connectivity index (χ0n) is 14.6. The normalized spacial score (nSPS) is 22.3. The molecule has 0 bridgehead atoms. The van der Waals surface area contributed by atoms with Crippen molar-refractivity contribution in [3.8, 4) is 0 Å². The summed E-state index contributed by atoms with van der Waals surface area (Å²) in [4.78, 5) is 13.1. The Balaban J connectivity index is 0.00000225. The summed E-state index contributed by atoms with van der Waals surface area (Å²) in [5, 5.41) is 3.17. The third-order valence-corrected chi connectivity index (χ3v) is 4.95. The van der Waals surface area contributed by atoms with Crippen LogP contribution in [0, 0.1) is 0 Å². The van der Waals surface area contributed by atoms with Crippen LogP contribution in [0.1, 0.15) is 38.1 Å². The molecule has 9 heteroatoms. The van der Waals surface area contributed by atoms with Crippen LogP contribution in [-0.4, -0.2) is 64.6 Å². The van der Waals surface area contributed by atoms with Gasteiger partial charge in [0.1, 0.15) is 5.82 Å². The Kier molecular flexibility index (Phi) is 7.85. The van der Waals surface area contributed by atoms with E-state index < -0.39 is 6.55 Å². The number of likely N-dealkylation sites (tertiary alicyclic amines) is 2. The number of alkyl halides is 2. The van der Waals surface area contributed by atoms with E-state index in [0.29, 0.717) is 11.9 Å². The fourth-order valence-electron chi connectivity index (χ4n) is 3.66. The summed E-state index contributed by atoms with van der Waals surface area (Å²) in [7, 11) is 1.73. The summed E-state index contributed by atoms with van der Waals surface area (Å²) in [6.45, 7) is 1.95. The van der Waals surface area contributed by atoms with Gasteiger partial charge in [-0.05, 0) is 32.4 Å². The van der Waals surface area contributed by atoms with E-state index in [-0.39, 0.29) is 30.5 Å². The van der Waals surface area contributed by atoms with Crippen LogP contribution < -0.4 is 5.32 Å². The zero-order chi connectivity index (χ0) is 16.9. The number of aliphatic imine (C=N–C) groups is 1. The topological polar surface area (TPSA) is 48.7 Å². The first-order valence-corrected chi connectivity index (χ1v) is 8.68. The Bertz CT molecular complexity index is 559. The molecule has 142 valence electrons. The van der Waals surface area contributed by atoms with Gasteiger partial charge >= 0.3 is 6.55 Å². The lowest BCUT2D eigenvalue weighted by atomic mass is 10.1. The highest BCUT2D eigenvalue weighted by atomic mass is 127. The largest absolute Gasteiger partial charge is 0.349 e. The summed E-state index contributed by atoms with van der Waals surface area (Å²) >= 11 is 0. The van der Waals surface area contributed by atoms with Crippen molar-refractivity contribution >= 4 is 29.9 Å². The Morgan fingerprint density at radius 1 is 1.32 bits per heavy atom. The minimum atomic E-state index is -2.57. The molecule has 1 atom stereocenters. The number of nitrogens with one attached hydrogen (secondary N) is 1. The maximum absolute atomic E-state index is 12.9. The van der Waals surface area contributed by atoms with Crippen LogP contribution in [-0.2, 0) is 6.54 Å². The molecule has 2 aliphatic rings. The minimum Gasteiger partial charge on any atom is -0.349 e. The van der Waals surface area contributed by atoms with Crippen molar-refractivity contribution in [1.82, 2.24) is 24.7 Å². The number of hydrogen-bond acceptors (Lipinski definition) is 3. The molecule has 2 fully saturated rings. The Morgan fingerprint density at radius 2 is 2.08 bits per heavy atom. The fourth-order valence-corrected chi connectivity index (χ4v) is 3.66. The third kappa shape index (κ3) is 5.02. The zero-order valence-corrected chi connectivity index (χ0v) is 16.9. The second kappa shape index (κ2) is 9.65. The highest BCUT2D eigenvalue weighted by molar-refractivity contribution is 14.0. The highest BCUT2D eigenvalue weighted by Gasteiger charge is 2.30. The van der Waals surface area contributed by atoms with Gasteiger partial charge in [-0.1, -0.05) is 6.42 Å². The van der Waals surface area contributed by atoms with Gasteiger partial charge in [0, 0.05) is 38.6 Å².